The predicted molar refractivity (Wildman–Crippen MR) is 87.9 cm³/mol. The summed E-state index contributed by atoms with van der Waals surface area (Å²) in [7, 11) is 0. The van der Waals surface area contributed by atoms with Gasteiger partial charge in [0.1, 0.15) is 5.82 Å². The number of anilines is 2. The van der Waals surface area contributed by atoms with Crippen molar-refractivity contribution in [3.05, 3.63) is 53.7 Å². The lowest BCUT2D eigenvalue weighted by atomic mass is 10.2. The smallest absolute Gasteiger partial charge is 0.319 e. The molecule has 1 aliphatic carbocycles. The summed E-state index contributed by atoms with van der Waals surface area (Å²) in [5.41, 5.74) is 2.98. The number of carbonyl (C=O) groups is 1. The highest BCUT2D eigenvalue weighted by Gasteiger charge is 2.21. The van der Waals surface area contributed by atoms with Crippen molar-refractivity contribution in [2.24, 2.45) is 0 Å². The van der Waals surface area contributed by atoms with Gasteiger partial charge >= 0.3 is 6.03 Å². The standard InChI is InChI=1S/C17H20N4O/c1-12-2-4-15(5-3-12)21-17(22)19-11-13-8-9-18-16(10-13)20-14-6-7-14/h2-5,8-10,14H,6-7,11H2,1H3,(H,18,20)(H2,19,21,22). The maximum absolute atomic E-state index is 11.9. The summed E-state index contributed by atoms with van der Waals surface area (Å²) < 4.78 is 0. The number of aryl methyl sites for hydroxylation is 1. The third kappa shape index (κ3) is 4.22. The van der Waals surface area contributed by atoms with Gasteiger partial charge in [-0.05, 0) is 49.6 Å². The molecule has 1 aromatic carbocycles. The number of benzene rings is 1. The van der Waals surface area contributed by atoms with Crippen molar-refractivity contribution in [1.82, 2.24) is 10.3 Å². The lowest BCUT2D eigenvalue weighted by Crippen LogP contribution is -2.28. The number of pyridine rings is 1. The molecule has 0 aliphatic heterocycles. The molecule has 114 valence electrons. The Morgan fingerprint density at radius 3 is 2.73 bits per heavy atom. The van der Waals surface area contributed by atoms with E-state index in [-0.39, 0.29) is 6.03 Å². The fourth-order valence-corrected chi connectivity index (χ4v) is 2.09. The van der Waals surface area contributed by atoms with Crippen LogP contribution >= 0.6 is 0 Å². The van der Waals surface area contributed by atoms with E-state index in [0.29, 0.717) is 12.6 Å². The quantitative estimate of drug-likeness (QED) is 0.793. The molecule has 5 heteroatoms. The average Bonchev–Trinajstić information content (AvgIpc) is 3.32. The summed E-state index contributed by atoms with van der Waals surface area (Å²) in [5, 5.41) is 9.02. The molecule has 0 spiro atoms. The number of amides is 2. The number of aromatic nitrogens is 1. The lowest BCUT2D eigenvalue weighted by molar-refractivity contribution is 0.251. The second-order valence-corrected chi connectivity index (χ2v) is 5.64. The molecular weight excluding hydrogens is 276 g/mol. The van der Waals surface area contributed by atoms with Crippen molar-refractivity contribution >= 4 is 17.5 Å². The number of rotatable bonds is 5. The maximum atomic E-state index is 11.9. The fourth-order valence-electron chi connectivity index (χ4n) is 2.09. The van der Waals surface area contributed by atoms with E-state index >= 15 is 0 Å². The molecule has 0 atom stereocenters. The highest BCUT2D eigenvalue weighted by molar-refractivity contribution is 5.89. The van der Waals surface area contributed by atoms with Gasteiger partial charge in [-0.15, -0.1) is 0 Å². The number of nitrogens with zero attached hydrogens (tertiary/aromatic N) is 1. The van der Waals surface area contributed by atoms with Crippen molar-refractivity contribution in [3.8, 4) is 0 Å². The molecule has 0 bridgehead atoms. The Hall–Kier alpha value is -2.56. The molecule has 0 radical (unpaired) electrons. The van der Waals surface area contributed by atoms with E-state index in [1.165, 1.54) is 18.4 Å². The van der Waals surface area contributed by atoms with Crippen LogP contribution in [0.2, 0.25) is 0 Å². The summed E-state index contributed by atoms with van der Waals surface area (Å²) >= 11 is 0. The highest BCUT2D eigenvalue weighted by atomic mass is 16.2. The molecule has 22 heavy (non-hydrogen) atoms. The Kier molecular flexibility index (Phi) is 4.23. The zero-order chi connectivity index (χ0) is 15.4. The molecule has 1 saturated carbocycles. The van der Waals surface area contributed by atoms with Crippen LogP contribution in [0.25, 0.3) is 0 Å². The van der Waals surface area contributed by atoms with Crippen LogP contribution in [0.3, 0.4) is 0 Å². The van der Waals surface area contributed by atoms with Gasteiger partial charge in [-0.1, -0.05) is 17.7 Å². The molecule has 3 N–H and O–H groups in total. The van der Waals surface area contributed by atoms with Gasteiger partial charge in [-0.2, -0.15) is 0 Å². The van der Waals surface area contributed by atoms with Gasteiger partial charge in [0.2, 0.25) is 0 Å². The van der Waals surface area contributed by atoms with E-state index in [9.17, 15) is 4.79 Å². The molecule has 2 amide bonds. The molecule has 0 unspecified atom stereocenters. The second kappa shape index (κ2) is 6.47. The van der Waals surface area contributed by atoms with Gasteiger partial charge in [0, 0.05) is 24.5 Å². The largest absolute Gasteiger partial charge is 0.367 e. The van der Waals surface area contributed by atoms with Crippen LogP contribution in [0.5, 0.6) is 0 Å². The Balaban J connectivity index is 1.50. The van der Waals surface area contributed by atoms with Crippen molar-refractivity contribution in [3.63, 3.8) is 0 Å². The third-order valence-corrected chi connectivity index (χ3v) is 3.52. The SMILES string of the molecule is Cc1ccc(NC(=O)NCc2ccnc(NC3CC3)c2)cc1. The van der Waals surface area contributed by atoms with E-state index in [0.717, 1.165) is 17.1 Å². The van der Waals surface area contributed by atoms with Gasteiger partial charge in [0.05, 0.1) is 0 Å². The molecule has 1 aliphatic rings. The van der Waals surface area contributed by atoms with E-state index in [2.05, 4.69) is 20.9 Å². The molecule has 2 aromatic rings. The van der Waals surface area contributed by atoms with Gasteiger partial charge in [-0.25, -0.2) is 9.78 Å². The topological polar surface area (TPSA) is 66.0 Å². The summed E-state index contributed by atoms with van der Waals surface area (Å²) in [6.45, 7) is 2.49. The Morgan fingerprint density at radius 2 is 2.00 bits per heavy atom. The first-order valence-corrected chi connectivity index (χ1v) is 7.52. The number of carbonyl (C=O) groups excluding carboxylic acids is 1. The van der Waals surface area contributed by atoms with Crippen LogP contribution in [0.4, 0.5) is 16.3 Å². The zero-order valence-corrected chi connectivity index (χ0v) is 12.6. The van der Waals surface area contributed by atoms with Crippen molar-refractivity contribution in [2.45, 2.75) is 32.4 Å². The van der Waals surface area contributed by atoms with E-state index in [4.69, 9.17) is 0 Å². The van der Waals surface area contributed by atoms with Gasteiger partial charge < -0.3 is 16.0 Å². The monoisotopic (exact) mass is 296 g/mol. The number of urea groups is 1. The molecule has 1 aromatic heterocycles. The molecular formula is C17H20N4O. The van der Waals surface area contributed by atoms with E-state index in [1.807, 2.05) is 43.3 Å². The van der Waals surface area contributed by atoms with Gasteiger partial charge in [0.15, 0.2) is 0 Å². The second-order valence-electron chi connectivity index (χ2n) is 5.64. The van der Waals surface area contributed by atoms with Gasteiger partial charge in [-0.3, -0.25) is 0 Å². The normalized spacial score (nSPS) is 13.5. The Morgan fingerprint density at radius 1 is 1.23 bits per heavy atom. The molecule has 1 fully saturated rings. The first kappa shape index (κ1) is 14.4. The van der Waals surface area contributed by atoms with Crippen LogP contribution in [-0.4, -0.2) is 17.1 Å². The third-order valence-electron chi connectivity index (χ3n) is 3.52. The van der Waals surface area contributed by atoms with Crippen molar-refractivity contribution in [1.29, 1.82) is 0 Å². The first-order chi connectivity index (χ1) is 10.7. The molecule has 1 heterocycles. The average molecular weight is 296 g/mol. The van der Waals surface area contributed by atoms with Crippen molar-refractivity contribution in [2.75, 3.05) is 10.6 Å². The van der Waals surface area contributed by atoms with Crippen LogP contribution in [0, 0.1) is 6.92 Å². The maximum Gasteiger partial charge on any atom is 0.319 e. The number of hydrogen-bond acceptors (Lipinski definition) is 3. The first-order valence-electron chi connectivity index (χ1n) is 7.52. The van der Waals surface area contributed by atoms with E-state index in [1.54, 1.807) is 6.20 Å². The Labute approximate surface area is 130 Å². The summed E-state index contributed by atoms with van der Waals surface area (Å²) in [6.07, 6.45) is 4.19. The highest BCUT2D eigenvalue weighted by Crippen LogP contribution is 2.23. The van der Waals surface area contributed by atoms with Crippen molar-refractivity contribution < 1.29 is 4.79 Å². The number of nitrogens with one attached hydrogen (secondary N) is 3. The molecule has 0 saturated heterocycles. The number of hydrogen-bond donors (Lipinski definition) is 3. The summed E-state index contributed by atoms with van der Waals surface area (Å²) in [6, 6.07) is 12.0. The van der Waals surface area contributed by atoms with Crippen LogP contribution < -0.4 is 16.0 Å². The predicted octanol–water partition coefficient (Wildman–Crippen LogP) is 3.29. The minimum Gasteiger partial charge on any atom is -0.367 e. The molecule has 3 rings (SSSR count). The lowest BCUT2D eigenvalue weighted by Gasteiger charge is -2.09. The molecule has 5 nitrogen and oxygen atoms in total. The van der Waals surface area contributed by atoms with Crippen LogP contribution in [0.15, 0.2) is 42.6 Å². The summed E-state index contributed by atoms with van der Waals surface area (Å²) in [4.78, 5) is 16.2. The van der Waals surface area contributed by atoms with Gasteiger partial charge in [0.25, 0.3) is 0 Å². The van der Waals surface area contributed by atoms with Crippen LogP contribution in [-0.2, 0) is 6.54 Å². The summed E-state index contributed by atoms with van der Waals surface area (Å²) in [5.74, 6) is 0.876. The Bertz CT molecular complexity index is 650. The minimum absolute atomic E-state index is 0.211. The fraction of sp³-hybridized carbons (Fsp3) is 0.294. The van der Waals surface area contributed by atoms with E-state index < -0.39 is 0 Å². The van der Waals surface area contributed by atoms with Crippen LogP contribution in [0.1, 0.15) is 24.0 Å². The minimum atomic E-state index is -0.211. The zero-order valence-electron chi connectivity index (χ0n) is 12.6.